The van der Waals surface area contributed by atoms with Gasteiger partial charge in [-0.05, 0) is 12.1 Å². The van der Waals surface area contributed by atoms with Crippen molar-refractivity contribution < 1.29 is 13.9 Å². The Labute approximate surface area is 95.8 Å². The topological polar surface area (TPSA) is 39.2 Å². The van der Waals surface area contributed by atoms with Crippen molar-refractivity contribution in [2.75, 3.05) is 7.11 Å². The summed E-state index contributed by atoms with van der Waals surface area (Å²) < 4.78 is 17.6. The van der Waals surface area contributed by atoms with Crippen molar-refractivity contribution in [3.63, 3.8) is 0 Å². The number of aromatic nitrogens is 1. The number of hydrogen-bond acceptors (Lipinski definition) is 3. The first-order valence-corrected chi connectivity index (χ1v) is 4.83. The standard InChI is InChI=1S/C11H7ClFNO2/c1-16-11(15)9-8-3-2-7(13)4-6(8)5-14-10(9)12/h2-5H,1H3. The zero-order chi connectivity index (χ0) is 11.7. The number of esters is 1. The molecule has 0 atom stereocenters. The summed E-state index contributed by atoms with van der Waals surface area (Å²) >= 11 is 5.81. The van der Waals surface area contributed by atoms with Crippen LogP contribution in [0.5, 0.6) is 0 Å². The highest BCUT2D eigenvalue weighted by atomic mass is 35.5. The van der Waals surface area contributed by atoms with Gasteiger partial charge in [-0.3, -0.25) is 0 Å². The lowest BCUT2D eigenvalue weighted by Gasteiger charge is -2.06. The predicted octanol–water partition coefficient (Wildman–Crippen LogP) is 2.81. The molecule has 0 radical (unpaired) electrons. The van der Waals surface area contributed by atoms with Gasteiger partial charge in [-0.2, -0.15) is 0 Å². The molecule has 1 aromatic carbocycles. The number of ether oxygens (including phenoxy) is 1. The Hall–Kier alpha value is -1.68. The van der Waals surface area contributed by atoms with E-state index in [0.717, 1.165) is 0 Å². The minimum Gasteiger partial charge on any atom is -0.465 e. The largest absolute Gasteiger partial charge is 0.465 e. The molecule has 0 bridgehead atoms. The number of rotatable bonds is 1. The third-order valence-electron chi connectivity index (χ3n) is 2.20. The number of carbonyl (C=O) groups is 1. The molecule has 0 unspecified atom stereocenters. The van der Waals surface area contributed by atoms with Gasteiger partial charge in [0, 0.05) is 17.0 Å². The second-order valence-corrected chi connectivity index (χ2v) is 3.51. The minimum atomic E-state index is -0.588. The van der Waals surface area contributed by atoms with Crippen LogP contribution in [-0.2, 0) is 4.74 Å². The first-order chi connectivity index (χ1) is 7.63. The first-order valence-electron chi connectivity index (χ1n) is 4.45. The van der Waals surface area contributed by atoms with Crippen LogP contribution in [0.2, 0.25) is 5.15 Å². The zero-order valence-electron chi connectivity index (χ0n) is 8.33. The summed E-state index contributed by atoms with van der Waals surface area (Å²) in [5.41, 5.74) is 0.154. The fourth-order valence-corrected chi connectivity index (χ4v) is 1.69. The van der Waals surface area contributed by atoms with E-state index < -0.39 is 11.8 Å². The molecule has 3 nitrogen and oxygen atoms in total. The number of fused-ring (bicyclic) bond motifs is 1. The molecule has 0 spiro atoms. The van der Waals surface area contributed by atoms with Crippen LogP contribution in [0.3, 0.4) is 0 Å². The highest BCUT2D eigenvalue weighted by Crippen LogP contribution is 2.25. The van der Waals surface area contributed by atoms with E-state index >= 15 is 0 Å². The molecule has 1 aromatic heterocycles. The Morgan fingerprint density at radius 2 is 2.25 bits per heavy atom. The molecular weight excluding hydrogens is 233 g/mol. The predicted molar refractivity (Wildman–Crippen MR) is 58.1 cm³/mol. The number of pyridine rings is 1. The second-order valence-electron chi connectivity index (χ2n) is 3.15. The smallest absolute Gasteiger partial charge is 0.341 e. The van der Waals surface area contributed by atoms with Crippen molar-refractivity contribution in [1.29, 1.82) is 0 Å². The normalized spacial score (nSPS) is 10.4. The lowest BCUT2D eigenvalue weighted by molar-refractivity contribution is 0.0603. The van der Waals surface area contributed by atoms with E-state index in [1.165, 1.54) is 31.5 Å². The maximum atomic E-state index is 13.0. The fraction of sp³-hybridized carbons (Fsp3) is 0.0909. The van der Waals surface area contributed by atoms with Gasteiger partial charge in [0.05, 0.1) is 7.11 Å². The molecule has 0 aliphatic heterocycles. The number of benzene rings is 1. The van der Waals surface area contributed by atoms with Gasteiger partial charge >= 0.3 is 5.97 Å². The van der Waals surface area contributed by atoms with Crippen molar-refractivity contribution in [3.05, 3.63) is 40.9 Å². The first kappa shape index (κ1) is 10.8. The highest BCUT2D eigenvalue weighted by Gasteiger charge is 2.16. The molecule has 2 aromatic rings. The average molecular weight is 240 g/mol. The van der Waals surface area contributed by atoms with E-state index in [-0.39, 0.29) is 10.7 Å². The Bertz CT molecular complexity index is 571. The summed E-state index contributed by atoms with van der Waals surface area (Å²) in [6.07, 6.45) is 1.41. The second kappa shape index (κ2) is 4.06. The lowest BCUT2D eigenvalue weighted by Crippen LogP contribution is -2.04. The van der Waals surface area contributed by atoms with Crippen molar-refractivity contribution in [1.82, 2.24) is 4.98 Å². The molecule has 0 aliphatic rings. The van der Waals surface area contributed by atoms with Crippen molar-refractivity contribution in [3.8, 4) is 0 Å². The maximum Gasteiger partial charge on any atom is 0.341 e. The monoisotopic (exact) mass is 239 g/mol. The third-order valence-corrected chi connectivity index (χ3v) is 2.48. The van der Waals surface area contributed by atoms with Crippen LogP contribution in [0.4, 0.5) is 4.39 Å². The molecule has 0 saturated heterocycles. The van der Waals surface area contributed by atoms with E-state index in [1.54, 1.807) is 0 Å². The van der Waals surface area contributed by atoms with Gasteiger partial charge in [0.15, 0.2) is 0 Å². The molecule has 5 heteroatoms. The molecule has 0 amide bonds. The van der Waals surface area contributed by atoms with Crippen molar-refractivity contribution >= 4 is 28.3 Å². The molecular formula is C11H7ClFNO2. The number of nitrogens with zero attached hydrogens (tertiary/aromatic N) is 1. The molecule has 1 heterocycles. The van der Waals surface area contributed by atoms with Crippen LogP contribution in [0, 0.1) is 5.82 Å². The van der Waals surface area contributed by atoms with Gasteiger partial charge in [0.2, 0.25) is 0 Å². The van der Waals surface area contributed by atoms with Crippen LogP contribution in [0.15, 0.2) is 24.4 Å². The van der Waals surface area contributed by atoms with Gasteiger partial charge in [-0.15, -0.1) is 0 Å². The van der Waals surface area contributed by atoms with Gasteiger partial charge < -0.3 is 4.74 Å². The average Bonchev–Trinajstić information content (AvgIpc) is 2.28. The fourth-order valence-electron chi connectivity index (χ4n) is 1.47. The molecule has 2 rings (SSSR count). The van der Waals surface area contributed by atoms with E-state index in [9.17, 15) is 9.18 Å². The van der Waals surface area contributed by atoms with Gasteiger partial charge in [0.25, 0.3) is 0 Å². The van der Waals surface area contributed by atoms with Crippen molar-refractivity contribution in [2.45, 2.75) is 0 Å². The molecule has 0 N–H and O–H groups in total. The lowest BCUT2D eigenvalue weighted by atomic mass is 10.1. The molecule has 82 valence electrons. The summed E-state index contributed by atoms with van der Waals surface area (Å²) in [6, 6.07) is 4.01. The molecule has 16 heavy (non-hydrogen) atoms. The Kier molecular flexibility index (Phi) is 2.75. The van der Waals surface area contributed by atoms with Crippen LogP contribution in [-0.4, -0.2) is 18.1 Å². The van der Waals surface area contributed by atoms with E-state index in [0.29, 0.717) is 10.8 Å². The summed E-state index contributed by atoms with van der Waals surface area (Å²) in [4.78, 5) is 15.3. The zero-order valence-corrected chi connectivity index (χ0v) is 9.08. The molecule has 0 fully saturated rings. The van der Waals surface area contributed by atoms with E-state index in [2.05, 4.69) is 9.72 Å². The Morgan fingerprint density at radius 3 is 2.94 bits per heavy atom. The maximum absolute atomic E-state index is 13.0. The van der Waals surface area contributed by atoms with E-state index in [1.807, 2.05) is 0 Å². The number of methoxy groups -OCH3 is 1. The Morgan fingerprint density at radius 1 is 1.50 bits per heavy atom. The van der Waals surface area contributed by atoms with Gasteiger partial charge in [0.1, 0.15) is 16.5 Å². The molecule has 0 saturated carbocycles. The van der Waals surface area contributed by atoms with E-state index in [4.69, 9.17) is 11.6 Å². The highest BCUT2D eigenvalue weighted by molar-refractivity contribution is 6.34. The van der Waals surface area contributed by atoms with Crippen LogP contribution in [0.1, 0.15) is 10.4 Å². The van der Waals surface area contributed by atoms with Crippen LogP contribution < -0.4 is 0 Å². The Balaban J connectivity index is 2.79. The molecule has 0 aliphatic carbocycles. The van der Waals surface area contributed by atoms with Gasteiger partial charge in [-0.25, -0.2) is 14.2 Å². The number of hydrogen-bond donors (Lipinski definition) is 0. The summed E-state index contributed by atoms with van der Waals surface area (Å²) in [6.45, 7) is 0. The summed E-state index contributed by atoms with van der Waals surface area (Å²) in [5.74, 6) is -0.984. The van der Waals surface area contributed by atoms with Crippen molar-refractivity contribution in [2.24, 2.45) is 0 Å². The summed E-state index contributed by atoms with van der Waals surface area (Å²) in [7, 11) is 1.25. The van der Waals surface area contributed by atoms with Gasteiger partial charge in [-0.1, -0.05) is 17.7 Å². The number of halogens is 2. The summed E-state index contributed by atoms with van der Waals surface area (Å²) in [5, 5.41) is 1.07. The number of carbonyl (C=O) groups excluding carboxylic acids is 1. The quantitative estimate of drug-likeness (QED) is 0.567. The minimum absolute atomic E-state index is 0.0472. The third kappa shape index (κ3) is 1.72. The SMILES string of the molecule is COC(=O)c1c(Cl)ncc2cc(F)ccc12. The van der Waals surface area contributed by atoms with Crippen LogP contribution >= 0.6 is 11.6 Å². The van der Waals surface area contributed by atoms with Crippen LogP contribution in [0.25, 0.3) is 10.8 Å².